The molecule has 0 saturated carbocycles. The molecule has 3 aromatic rings. The van der Waals surface area contributed by atoms with E-state index in [1.54, 1.807) is 6.20 Å². The van der Waals surface area contributed by atoms with Crippen molar-refractivity contribution in [1.29, 1.82) is 0 Å². The molecule has 0 radical (unpaired) electrons. The summed E-state index contributed by atoms with van der Waals surface area (Å²) in [6.07, 6.45) is 3.82. The highest BCUT2D eigenvalue weighted by Crippen LogP contribution is 2.25. The summed E-state index contributed by atoms with van der Waals surface area (Å²) >= 11 is 0. The van der Waals surface area contributed by atoms with Crippen molar-refractivity contribution in [3.63, 3.8) is 0 Å². The number of rotatable bonds is 4. The summed E-state index contributed by atoms with van der Waals surface area (Å²) in [6.45, 7) is 4.18. The minimum absolute atomic E-state index is 0.204. The first-order valence-corrected chi connectivity index (χ1v) is 7.00. The minimum Gasteiger partial charge on any atom is -0.378 e. The second-order valence-corrected chi connectivity index (χ2v) is 5.26. The zero-order valence-corrected chi connectivity index (χ0v) is 12.5. The van der Waals surface area contributed by atoms with Crippen LogP contribution in [0.3, 0.4) is 0 Å². The van der Waals surface area contributed by atoms with Crippen LogP contribution in [-0.2, 0) is 7.05 Å². The molecule has 0 aliphatic heterocycles. The van der Waals surface area contributed by atoms with Crippen molar-refractivity contribution in [1.82, 2.24) is 20.0 Å². The molecular formula is C16H19N5. The lowest BCUT2D eigenvalue weighted by molar-refractivity contribution is 0.756. The largest absolute Gasteiger partial charge is 0.378 e. The van der Waals surface area contributed by atoms with Gasteiger partial charge in [-0.3, -0.25) is 9.78 Å². The van der Waals surface area contributed by atoms with Gasteiger partial charge in [-0.15, -0.1) is 0 Å². The predicted molar refractivity (Wildman–Crippen MR) is 84.0 cm³/mol. The fourth-order valence-electron chi connectivity index (χ4n) is 2.56. The molecular weight excluding hydrogens is 262 g/mol. The summed E-state index contributed by atoms with van der Waals surface area (Å²) in [5.41, 5.74) is 5.49. The Morgan fingerprint density at radius 2 is 2.14 bits per heavy atom. The molecule has 2 aromatic heterocycles. The Kier molecular flexibility index (Phi) is 3.48. The van der Waals surface area contributed by atoms with Crippen molar-refractivity contribution >= 4 is 5.69 Å². The van der Waals surface area contributed by atoms with Gasteiger partial charge in [-0.1, -0.05) is 12.1 Å². The fraction of sp³-hybridized carbons (Fsp3) is 0.250. The van der Waals surface area contributed by atoms with E-state index in [0.717, 1.165) is 22.6 Å². The lowest BCUT2D eigenvalue weighted by Crippen LogP contribution is -2.07. The molecule has 21 heavy (non-hydrogen) atoms. The average Bonchev–Trinajstić information content (AvgIpc) is 3.08. The van der Waals surface area contributed by atoms with E-state index in [0.29, 0.717) is 0 Å². The van der Waals surface area contributed by atoms with Gasteiger partial charge in [-0.05, 0) is 32.0 Å². The fourth-order valence-corrected chi connectivity index (χ4v) is 2.56. The summed E-state index contributed by atoms with van der Waals surface area (Å²) < 4.78 is 1.85. The van der Waals surface area contributed by atoms with Crippen LogP contribution in [0.15, 0.2) is 42.7 Å². The molecule has 1 unspecified atom stereocenters. The third-order valence-corrected chi connectivity index (χ3v) is 3.58. The first-order chi connectivity index (χ1) is 10.1. The first kappa shape index (κ1) is 13.4. The van der Waals surface area contributed by atoms with E-state index in [1.807, 2.05) is 30.8 Å². The number of hydrogen-bond acceptors (Lipinski definition) is 3. The lowest BCUT2D eigenvalue weighted by Gasteiger charge is -2.15. The van der Waals surface area contributed by atoms with E-state index < -0.39 is 0 Å². The number of nitrogens with zero attached hydrogens (tertiary/aromatic N) is 3. The molecule has 5 nitrogen and oxygen atoms in total. The maximum Gasteiger partial charge on any atom is 0.0650 e. The number of benzene rings is 1. The number of anilines is 1. The third kappa shape index (κ3) is 2.81. The highest BCUT2D eigenvalue weighted by Gasteiger charge is 2.12. The zero-order chi connectivity index (χ0) is 14.8. The van der Waals surface area contributed by atoms with E-state index >= 15 is 0 Å². The molecule has 0 fully saturated rings. The van der Waals surface area contributed by atoms with Crippen LogP contribution in [-0.4, -0.2) is 20.0 Å². The topological polar surface area (TPSA) is 58.5 Å². The van der Waals surface area contributed by atoms with Crippen molar-refractivity contribution < 1.29 is 0 Å². The van der Waals surface area contributed by atoms with Gasteiger partial charge in [0, 0.05) is 36.3 Å². The van der Waals surface area contributed by atoms with Crippen molar-refractivity contribution in [3.8, 4) is 11.3 Å². The van der Waals surface area contributed by atoms with Crippen LogP contribution in [0.2, 0.25) is 0 Å². The zero-order valence-electron chi connectivity index (χ0n) is 12.5. The molecule has 1 atom stereocenters. The molecule has 2 heterocycles. The summed E-state index contributed by atoms with van der Waals surface area (Å²) in [4.78, 5) is 0. The number of aromatic nitrogens is 4. The van der Waals surface area contributed by atoms with Gasteiger partial charge in [-0.25, -0.2) is 0 Å². The van der Waals surface area contributed by atoms with Crippen molar-refractivity contribution in [2.75, 3.05) is 5.32 Å². The van der Waals surface area contributed by atoms with Gasteiger partial charge in [-0.2, -0.15) is 10.2 Å². The normalized spacial score (nSPS) is 12.3. The summed E-state index contributed by atoms with van der Waals surface area (Å²) in [5, 5.41) is 14.9. The maximum absolute atomic E-state index is 4.40. The number of aryl methyl sites for hydroxylation is 2. The Morgan fingerprint density at radius 3 is 2.81 bits per heavy atom. The van der Waals surface area contributed by atoms with Crippen LogP contribution >= 0.6 is 0 Å². The smallest absolute Gasteiger partial charge is 0.0650 e. The highest BCUT2D eigenvalue weighted by atomic mass is 15.3. The Bertz CT molecular complexity index is 727. The first-order valence-electron chi connectivity index (χ1n) is 7.00. The monoisotopic (exact) mass is 281 g/mol. The molecule has 108 valence electrons. The van der Waals surface area contributed by atoms with Crippen molar-refractivity contribution in [2.24, 2.45) is 7.05 Å². The van der Waals surface area contributed by atoms with E-state index in [1.165, 1.54) is 5.56 Å². The van der Waals surface area contributed by atoms with Crippen LogP contribution in [0, 0.1) is 6.92 Å². The lowest BCUT2D eigenvalue weighted by atomic mass is 10.1. The second kappa shape index (κ2) is 5.44. The Morgan fingerprint density at radius 1 is 1.29 bits per heavy atom. The molecule has 0 amide bonds. The Hall–Kier alpha value is -2.56. The van der Waals surface area contributed by atoms with Gasteiger partial charge in [0.1, 0.15) is 0 Å². The van der Waals surface area contributed by atoms with Gasteiger partial charge in [0.05, 0.1) is 17.4 Å². The Balaban J connectivity index is 1.82. The van der Waals surface area contributed by atoms with Gasteiger partial charge in [0.15, 0.2) is 0 Å². The molecule has 5 heteroatoms. The quantitative estimate of drug-likeness (QED) is 0.771. The molecule has 0 aliphatic carbocycles. The summed E-state index contributed by atoms with van der Waals surface area (Å²) in [5.74, 6) is 0. The number of nitrogens with one attached hydrogen (secondary N) is 2. The average molecular weight is 281 g/mol. The van der Waals surface area contributed by atoms with Crippen LogP contribution in [0.25, 0.3) is 11.3 Å². The SMILES string of the molecule is Cc1nn(C)cc1C(C)Nc1cccc(-c2ccn[nH]2)c1. The van der Waals surface area contributed by atoms with Gasteiger partial charge < -0.3 is 5.32 Å². The van der Waals surface area contributed by atoms with Gasteiger partial charge in [0.2, 0.25) is 0 Å². The van der Waals surface area contributed by atoms with Gasteiger partial charge in [0.25, 0.3) is 0 Å². The molecule has 2 N–H and O–H groups in total. The molecule has 0 saturated heterocycles. The molecule has 0 aliphatic rings. The molecule has 1 aromatic carbocycles. The molecule has 3 rings (SSSR count). The van der Waals surface area contributed by atoms with Gasteiger partial charge >= 0.3 is 0 Å². The van der Waals surface area contributed by atoms with Crippen molar-refractivity contribution in [3.05, 3.63) is 54.0 Å². The standard InChI is InChI=1S/C16H19N5/c1-11(15-10-21(3)20-12(15)2)18-14-6-4-5-13(9-14)16-7-8-17-19-16/h4-11,18H,1-3H3,(H,17,19). The molecule has 0 bridgehead atoms. The molecule has 0 spiro atoms. The van der Waals surface area contributed by atoms with Crippen LogP contribution in [0.5, 0.6) is 0 Å². The maximum atomic E-state index is 4.40. The van der Waals surface area contributed by atoms with E-state index in [2.05, 4.69) is 51.9 Å². The number of hydrogen-bond donors (Lipinski definition) is 2. The van der Waals surface area contributed by atoms with Crippen LogP contribution in [0.1, 0.15) is 24.2 Å². The van der Waals surface area contributed by atoms with E-state index in [4.69, 9.17) is 0 Å². The highest BCUT2D eigenvalue weighted by molar-refractivity contribution is 5.65. The predicted octanol–water partition coefficient (Wildman–Crippen LogP) is 3.29. The Labute approximate surface area is 124 Å². The second-order valence-electron chi connectivity index (χ2n) is 5.26. The van der Waals surface area contributed by atoms with E-state index in [9.17, 15) is 0 Å². The third-order valence-electron chi connectivity index (χ3n) is 3.58. The van der Waals surface area contributed by atoms with Crippen LogP contribution < -0.4 is 5.32 Å². The minimum atomic E-state index is 0.204. The number of aromatic amines is 1. The summed E-state index contributed by atoms with van der Waals surface area (Å²) in [6, 6.07) is 10.5. The summed E-state index contributed by atoms with van der Waals surface area (Å²) in [7, 11) is 1.95. The van der Waals surface area contributed by atoms with Crippen molar-refractivity contribution in [2.45, 2.75) is 19.9 Å². The van der Waals surface area contributed by atoms with Crippen LogP contribution in [0.4, 0.5) is 5.69 Å². The number of H-pyrrole nitrogens is 1. The van der Waals surface area contributed by atoms with E-state index in [-0.39, 0.29) is 6.04 Å².